The highest BCUT2D eigenvalue weighted by molar-refractivity contribution is 6.36. The molecule has 0 aliphatic carbocycles. The number of carbonyl (C=O) groups is 1. The van der Waals surface area contributed by atoms with Gasteiger partial charge in [-0.3, -0.25) is 9.59 Å². The van der Waals surface area contributed by atoms with Crippen molar-refractivity contribution in [3.05, 3.63) is 100 Å². The van der Waals surface area contributed by atoms with Crippen LogP contribution in [-0.4, -0.2) is 20.9 Å². The van der Waals surface area contributed by atoms with Crippen molar-refractivity contribution in [2.24, 2.45) is 0 Å². The predicted molar refractivity (Wildman–Crippen MR) is 118 cm³/mol. The molecule has 3 aromatic carbocycles. The van der Waals surface area contributed by atoms with Gasteiger partial charge in [0.15, 0.2) is 5.82 Å². The molecule has 4 aromatic rings. The molecule has 1 aliphatic heterocycles. The molecule has 1 fully saturated rings. The number of para-hydroxylation sites is 1. The molecular weight excluding hydrogens is 398 g/mol. The van der Waals surface area contributed by atoms with Gasteiger partial charge in [0.2, 0.25) is 0 Å². The van der Waals surface area contributed by atoms with Crippen molar-refractivity contribution >= 4 is 28.4 Å². The SMILES string of the molecule is Cc1ccc(C2C(Cl)C(=O)N2n2c(-c3ccccc3)nc3ccccc3c2=O)cc1. The van der Waals surface area contributed by atoms with Gasteiger partial charge in [0.1, 0.15) is 11.4 Å². The number of alkyl halides is 1. The van der Waals surface area contributed by atoms with E-state index >= 15 is 0 Å². The maximum atomic E-state index is 13.5. The molecule has 0 bridgehead atoms. The van der Waals surface area contributed by atoms with Gasteiger partial charge in [-0.25, -0.2) is 9.99 Å². The topological polar surface area (TPSA) is 55.2 Å². The predicted octanol–water partition coefficient (Wildman–Crippen LogP) is 4.20. The summed E-state index contributed by atoms with van der Waals surface area (Å²) in [5.74, 6) is 0.0898. The van der Waals surface area contributed by atoms with Crippen molar-refractivity contribution < 1.29 is 4.79 Å². The van der Waals surface area contributed by atoms with Crippen LogP contribution < -0.4 is 10.6 Å². The monoisotopic (exact) mass is 415 g/mol. The quantitative estimate of drug-likeness (QED) is 0.372. The Morgan fingerprint density at radius 1 is 0.867 bits per heavy atom. The first-order valence-corrected chi connectivity index (χ1v) is 10.1. The van der Waals surface area contributed by atoms with E-state index in [1.807, 2.05) is 67.6 Å². The fourth-order valence-electron chi connectivity index (χ4n) is 3.83. The highest BCUT2D eigenvalue weighted by Crippen LogP contribution is 2.38. The van der Waals surface area contributed by atoms with Gasteiger partial charge in [0, 0.05) is 5.56 Å². The standard InChI is InChI=1S/C24H18ClN3O2/c1-15-11-13-16(14-12-15)21-20(25)24(30)27(21)28-22(17-7-3-2-4-8-17)26-19-10-6-5-9-18(19)23(28)29/h2-14,20-21H,1H3. The van der Waals surface area contributed by atoms with Crippen LogP contribution in [0.2, 0.25) is 0 Å². The third-order valence-corrected chi connectivity index (χ3v) is 5.85. The fraction of sp³-hybridized carbons (Fsp3) is 0.125. The largest absolute Gasteiger partial charge is 0.280 e. The molecule has 6 heteroatoms. The summed E-state index contributed by atoms with van der Waals surface area (Å²) in [6, 6.07) is 23.9. The molecule has 0 radical (unpaired) electrons. The molecule has 0 N–H and O–H groups in total. The summed E-state index contributed by atoms with van der Waals surface area (Å²) in [6.07, 6.45) is 0. The summed E-state index contributed by atoms with van der Waals surface area (Å²) >= 11 is 6.43. The minimum Gasteiger partial charge on any atom is -0.271 e. The first-order valence-electron chi connectivity index (χ1n) is 9.67. The van der Waals surface area contributed by atoms with Crippen LogP contribution in [0.25, 0.3) is 22.3 Å². The van der Waals surface area contributed by atoms with Crippen LogP contribution in [0.3, 0.4) is 0 Å². The number of aryl methyl sites for hydroxylation is 1. The van der Waals surface area contributed by atoms with Crippen LogP contribution in [-0.2, 0) is 4.79 Å². The number of fused-ring (bicyclic) bond motifs is 1. The van der Waals surface area contributed by atoms with Gasteiger partial charge in [0.25, 0.3) is 11.5 Å². The van der Waals surface area contributed by atoms with Crippen molar-refractivity contribution in [2.75, 3.05) is 5.01 Å². The Morgan fingerprint density at radius 2 is 1.53 bits per heavy atom. The number of carbonyl (C=O) groups excluding carboxylic acids is 1. The van der Waals surface area contributed by atoms with Gasteiger partial charge in [-0.15, -0.1) is 11.6 Å². The van der Waals surface area contributed by atoms with E-state index < -0.39 is 11.4 Å². The molecular formula is C24H18ClN3O2. The minimum absolute atomic E-state index is 0.298. The van der Waals surface area contributed by atoms with E-state index in [0.29, 0.717) is 16.7 Å². The lowest BCUT2D eigenvalue weighted by Crippen LogP contribution is -2.64. The van der Waals surface area contributed by atoms with Crippen LogP contribution in [0, 0.1) is 6.92 Å². The van der Waals surface area contributed by atoms with Crippen molar-refractivity contribution in [3.8, 4) is 11.4 Å². The number of aromatic nitrogens is 2. The zero-order chi connectivity index (χ0) is 20.8. The first-order chi connectivity index (χ1) is 14.6. The highest BCUT2D eigenvalue weighted by atomic mass is 35.5. The molecule has 0 saturated carbocycles. The second-order valence-electron chi connectivity index (χ2n) is 7.38. The summed E-state index contributed by atoms with van der Waals surface area (Å²) in [5.41, 5.74) is 3.01. The van der Waals surface area contributed by atoms with E-state index in [9.17, 15) is 9.59 Å². The lowest BCUT2D eigenvalue weighted by molar-refractivity contribution is -0.126. The highest BCUT2D eigenvalue weighted by Gasteiger charge is 2.49. The average Bonchev–Trinajstić information content (AvgIpc) is 2.79. The minimum atomic E-state index is -0.741. The summed E-state index contributed by atoms with van der Waals surface area (Å²) in [7, 11) is 0. The van der Waals surface area contributed by atoms with Crippen LogP contribution in [0.4, 0.5) is 0 Å². The lowest BCUT2D eigenvalue weighted by atomic mass is 9.94. The molecule has 2 unspecified atom stereocenters. The average molecular weight is 416 g/mol. The summed E-state index contributed by atoms with van der Waals surface area (Å²) in [5, 5.41) is 1.15. The van der Waals surface area contributed by atoms with E-state index in [2.05, 4.69) is 0 Å². The lowest BCUT2D eigenvalue weighted by Gasteiger charge is -2.45. The Balaban J connectivity index is 1.76. The van der Waals surface area contributed by atoms with Crippen molar-refractivity contribution in [2.45, 2.75) is 18.3 Å². The molecule has 2 heterocycles. The Hall–Kier alpha value is -3.44. The van der Waals surface area contributed by atoms with Gasteiger partial charge in [-0.2, -0.15) is 4.68 Å². The maximum Gasteiger partial charge on any atom is 0.280 e. The Bertz CT molecular complexity index is 1320. The van der Waals surface area contributed by atoms with Crippen molar-refractivity contribution in [1.82, 2.24) is 9.66 Å². The second-order valence-corrected chi connectivity index (χ2v) is 7.85. The molecule has 2 atom stereocenters. The van der Waals surface area contributed by atoms with E-state index in [1.54, 1.807) is 18.2 Å². The third kappa shape index (κ3) is 2.82. The molecule has 1 saturated heterocycles. The maximum absolute atomic E-state index is 13.5. The molecule has 5 nitrogen and oxygen atoms in total. The van der Waals surface area contributed by atoms with Crippen LogP contribution in [0.15, 0.2) is 83.7 Å². The van der Waals surface area contributed by atoms with Crippen LogP contribution >= 0.6 is 11.6 Å². The van der Waals surface area contributed by atoms with Gasteiger partial charge in [-0.1, -0.05) is 72.3 Å². The van der Waals surface area contributed by atoms with Crippen LogP contribution in [0.1, 0.15) is 17.2 Å². The number of hydrogen-bond donors (Lipinski definition) is 0. The molecule has 1 amide bonds. The Labute approximate surface area is 178 Å². The smallest absolute Gasteiger partial charge is 0.271 e. The first kappa shape index (κ1) is 18.6. The molecule has 5 rings (SSSR count). The number of β-lactam (4-membered cyclic amide) rings is 1. The Kier molecular flexibility index (Phi) is 4.40. The van der Waals surface area contributed by atoms with Gasteiger partial charge in [-0.05, 0) is 24.6 Å². The summed E-state index contributed by atoms with van der Waals surface area (Å²) in [6.45, 7) is 2.00. The number of halogens is 1. The third-order valence-electron chi connectivity index (χ3n) is 5.42. The molecule has 1 aromatic heterocycles. The molecule has 1 aliphatic rings. The van der Waals surface area contributed by atoms with E-state index in [0.717, 1.165) is 16.7 Å². The zero-order valence-electron chi connectivity index (χ0n) is 16.2. The number of amides is 1. The summed E-state index contributed by atoms with van der Waals surface area (Å²) < 4.78 is 1.38. The van der Waals surface area contributed by atoms with E-state index in [-0.39, 0.29) is 11.5 Å². The van der Waals surface area contributed by atoms with Crippen LogP contribution in [0.5, 0.6) is 0 Å². The number of rotatable bonds is 3. The molecule has 0 spiro atoms. The molecule has 148 valence electrons. The van der Waals surface area contributed by atoms with E-state index in [1.165, 1.54) is 9.69 Å². The van der Waals surface area contributed by atoms with Gasteiger partial charge in [0.05, 0.1) is 10.9 Å². The normalized spacial score (nSPS) is 18.5. The summed E-state index contributed by atoms with van der Waals surface area (Å²) in [4.78, 5) is 31.2. The van der Waals surface area contributed by atoms with Gasteiger partial charge < -0.3 is 0 Å². The number of hydrogen-bond acceptors (Lipinski definition) is 3. The number of nitrogens with zero attached hydrogens (tertiary/aromatic N) is 3. The molecule has 30 heavy (non-hydrogen) atoms. The Morgan fingerprint density at radius 3 is 2.27 bits per heavy atom. The fourth-order valence-corrected chi connectivity index (χ4v) is 4.19. The second kappa shape index (κ2) is 7.11. The number of benzene rings is 3. The van der Waals surface area contributed by atoms with Crippen molar-refractivity contribution in [1.29, 1.82) is 0 Å². The van der Waals surface area contributed by atoms with Crippen molar-refractivity contribution in [3.63, 3.8) is 0 Å². The van der Waals surface area contributed by atoms with Gasteiger partial charge >= 0.3 is 0 Å². The zero-order valence-corrected chi connectivity index (χ0v) is 17.0. The van der Waals surface area contributed by atoms with E-state index in [4.69, 9.17) is 16.6 Å².